The minimum Gasteiger partial charge on any atom is -0.394 e. The van der Waals surface area contributed by atoms with Gasteiger partial charge in [-0.25, -0.2) is 0 Å². The van der Waals surface area contributed by atoms with Gasteiger partial charge < -0.3 is 40.3 Å². The lowest BCUT2D eigenvalue weighted by molar-refractivity contribution is -0.302. The van der Waals surface area contributed by atoms with E-state index >= 15 is 0 Å². The predicted octanol–water partition coefficient (Wildman–Crippen LogP) is 23.6. The molecule has 7 atom stereocenters. The summed E-state index contributed by atoms with van der Waals surface area (Å²) in [5.41, 5.74) is 0. The molecule has 1 heterocycles. The molecule has 6 N–H and O–H groups in total. The Balaban J connectivity index is 2.13. The van der Waals surface area contributed by atoms with Gasteiger partial charge in [-0.05, 0) is 109 Å². The van der Waals surface area contributed by atoms with Crippen molar-refractivity contribution in [2.24, 2.45) is 0 Å². The summed E-state index contributed by atoms with van der Waals surface area (Å²) in [7, 11) is 0. The van der Waals surface area contributed by atoms with E-state index in [0.717, 1.165) is 116 Å². The van der Waals surface area contributed by atoms with Gasteiger partial charge in [-0.15, -0.1) is 0 Å². The second-order valence-corrected chi connectivity index (χ2v) is 27.5. The summed E-state index contributed by atoms with van der Waals surface area (Å²) in [6.45, 7) is 3.68. The molecule has 0 saturated carbocycles. The topological polar surface area (TPSA) is 149 Å². The van der Waals surface area contributed by atoms with Crippen molar-refractivity contribution in [3.8, 4) is 0 Å². The Kier molecular flexibility index (Phi) is 70.2. The van der Waals surface area contributed by atoms with Crippen LogP contribution in [0.2, 0.25) is 0 Å². The van der Waals surface area contributed by atoms with Crippen molar-refractivity contribution < 1.29 is 39.8 Å². The number of unbranched alkanes of at least 4 members (excludes halogenated alkanes) is 38. The second kappa shape index (κ2) is 74.8. The van der Waals surface area contributed by atoms with Crippen LogP contribution in [0.1, 0.15) is 348 Å². The Hall–Kier alpha value is -3.93. The first-order valence-corrected chi connectivity index (χ1v) is 40.6. The van der Waals surface area contributed by atoms with Gasteiger partial charge in [-0.3, -0.25) is 4.79 Å². The molecule has 0 aromatic rings. The third-order valence-corrected chi connectivity index (χ3v) is 18.4. The van der Waals surface area contributed by atoms with E-state index in [2.05, 4.69) is 153 Å². The van der Waals surface area contributed by atoms with Crippen molar-refractivity contribution in [3.63, 3.8) is 0 Å². The van der Waals surface area contributed by atoms with E-state index in [1.807, 2.05) is 6.08 Å². The van der Waals surface area contributed by atoms with E-state index < -0.39 is 49.5 Å². The number of aliphatic hydroxyl groups excluding tert-OH is 5. The van der Waals surface area contributed by atoms with E-state index in [-0.39, 0.29) is 12.5 Å². The van der Waals surface area contributed by atoms with Gasteiger partial charge in [-0.2, -0.15) is 0 Å². The Morgan fingerprint density at radius 2 is 0.649 bits per heavy atom. The molecule has 1 amide bonds. The molecule has 1 saturated heterocycles. The lowest BCUT2D eigenvalue weighted by atomic mass is 9.99. The maximum Gasteiger partial charge on any atom is 0.220 e. The van der Waals surface area contributed by atoms with Crippen LogP contribution in [0.25, 0.3) is 0 Å². The van der Waals surface area contributed by atoms with Gasteiger partial charge in [0.1, 0.15) is 24.4 Å². The maximum atomic E-state index is 13.2. The predicted molar refractivity (Wildman–Crippen MR) is 419 cm³/mol. The zero-order valence-corrected chi connectivity index (χ0v) is 62.5. The number of hydrogen-bond donors (Lipinski definition) is 6. The van der Waals surface area contributed by atoms with Crippen molar-refractivity contribution in [1.29, 1.82) is 0 Å². The van der Waals surface area contributed by atoms with Gasteiger partial charge in [0.05, 0.1) is 25.4 Å². The van der Waals surface area contributed by atoms with Crippen molar-refractivity contribution in [2.75, 3.05) is 13.2 Å². The van der Waals surface area contributed by atoms with E-state index in [0.29, 0.717) is 6.42 Å². The number of amides is 1. The number of aliphatic hydroxyl groups is 5. The summed E-state index contributed by atoms with van der Waals surface area (Å²) in [5.74, 6) is -0.193. The van der Waals surface area contributed by atoms with Crippen LogP contribution in [-0.4, -0.2) is 87.5 Å². The minimum atomic E-state index is -1.58. The molecule has 7 unspecified atom stereocenters. The molecule has 97 heavy (non-hydrogen) atoms. The molecule has 0 bridgehead atoms. The molecular formula is C88H151NO8. The quantitative estimate of drug-likeness (QED) is 0.0261. The molecule has 9 nitrogen and oxygen atoms in total. The average molecular weight is 1350 g/mol. The van der Waals surface area contributed by atoms with E-state index in [1.54, 1.807) is 6.08 Å². The van der Waals surface area contributed by atoms with Gasteiger partial charge in [0.25, 0.3) is 0 Å². The summed E-state index contributed by atoms with van der Waals surface area (Å²) >= 11 is 0. The highest BCUT2D eigenvalue weighted by Crippen LogP contribution is 2.23. The van der Waals surface area contributed by atoms with Crippen molar-refractivity contribution in [3.05, 3.63) is 146 Å². The van der Waals surface area contributed by atoms with Gasteiger partial charge >= 0.3 is 0 Å². The first kappa shape index (κ1) is 91.1. The van der Waals surface area contributed by atoms with Gasteiger partial charge in [0.15, 0.2) is 6.29 Å². The van der Waals surface area contributed by atoms with Gasteiger partial charge in [0.2, 0.25) is 5.91 Å². The fourth-order valence-electron chi connectivity index (χ4n) is 12.1. The highest BCUT2D eigenvalue weighted by molar-refractivity contribution is 5.76. The molecule has 1 fully saturated rings. The number of carbonyl (C=O) groups is 1. The van der Waals surface area contributed by atoms with Crippen LogP contribution in [-0.2, 0) is 14.3 Å². The molecule has 556 valence electrons. The number of hydrogen-bond acceptors (Lipinski definition) is 8. The van der Waals surface area contributed by atoms with Gasteiger partial charge in [-0.1, -0.05) is 378 Å². The standard InChI is InChI=1S/C88H151NO8/c1-3-5-7-9-11-13-15-17-19-21-23-25-27-29-31-33-35-37-38-39-40-41-42-43-44-46-48-50-52-54-56-58-60-62-64-66-68-70-72-74-76-78-84(92)89-81(80-96-88-87(95)86(94)85(93)83(79-90)97-88)82(91)77-75-73-71-69-67-65-63-61-59-57-55-53-51-49-47-45-36-34-32-30-28-26-24-22-20-18-16-14-12-10-8-6-4-2/h5,7,11,13,17,19,23,25,29,31,35,37,39-40,42-43,46,48,52,54,67,69,75,77,81-83,85-88,90-91,93-95H,3-4,6,8-10,12,14-16,18,20-22,24,26-28,30,32-34,36,38,41,44-45,47,49-51,53,55-66,68,70-74,76,78-80H2,1-2H3,(H,89,92)/b7-5-,13-11-,19-17-,25-23-,31-29-,37-35-,40-39-,43-42-,48-46-,54-52-,69-67+,77-75+. The largest absolute Gasteiger partial charge is 0.394 e. The minimum absolute atomic E-state index is 0.193. The highest BCUT2D eigenvalue weighted by atomic mass is 16.7. The number of ether oxygens (including phenoxy) is 2. The maximum absolute atomic E-state index is 13.2. The molecule has 0 radical (unpaired) electrons. The lowest BCUT2D eigenvalue weighted by Gasteiger charge is -2.40. The van der Waals surface area contributed by atoms with Crippen LogP contribution >= 0.6 is 0 Å². The Morgan fingerprint density at radius 3 is 0.990 bits per heavy atom. The van der Waals surface area contributed by atoms with Crippen LogP contribution in [0.3, 0.4) is 0 Å². The summed E-state index contributed by atoms with van der Waals surface area (Å²) in [4.78, 5) is 13.2. The second-order valence-electron chi connectivity index (χ2n) is 27.5. The number of carbonyl (C=O) groups excluding carboxylic acids is 1. The van der Waals surface area contributed by atoms with Crippen LogP contribution in [0.4, 0.5) is 0 Å². The molecule has 0 aliphatic carbocycles. The molecule has 9 heteroatoms. The summed E-state index contributed by atoms with van der Waals surface area (Å²) in [5, 5.41) is 54.9. The fraction of sp³-hybridized carbons (Fsp3) is 0.716. The Morgan fingerprint density at radius 1 is 0.361 bits per heavy atom. The first-order chi connectivity index (χ1) is 47.8. The third-order valence-electron chi connectivity index (χ3n) is 18.4. The smallest absolute Gasteiger partial charge is 0.220 e. The van der Waals surface area contributed by atoms with Crippen molar-refractivity contribution in [2.45, 2.75) is 391 Å². The molecule has 0 aromatic heterocycles. The Bertz CT molecular complexity index is 2060. The molecule has 0 spiro atoms. The van der Waals surface area contributed by atoms with E-state index in [4.69, 9.17) is 9.47 Å². The van der Waals surface area contributed by atoms with Crippen molar-refractivity contribution >= 4 is 5.91 Å². The first-order valence-electron chi connectivity index (χ1n) is 40.6. The Labute approximate surface area is 597 Å². The molecular weight excluding hydrogens is 1200 g/mol. The molecule has 1 aliphatic heterocycles. The van der Waals surface area contributed by atoms with Crippen LogP contribution in [0.15, 0.2) is 146 Å². The SMILES string of the molecule is CC/C=C\C/C=C\C/C=C\C/C=C\C/C=C\C/C=C\C/C=C\C/C=C\C/C=C\C/C=C\CCCCCCCCCCCCC(=O)NC(COC1OC(CO)C(O)C(O)C1O)C(O)/C=C/CC/C=C/CCCCCCCCCCCCCCCCCCCCCCCCCCCCC. The van der Waals surface area contributed by atoms with Crippen LogP contribution in [0.5, 0.6) is 0 Å². The van der Waals surface area contributed by atoms with E-state index in [9.17, 15) is 30.3 Å². The number of allylic oxidation sites excluding steroid dienone is 23. The van der Waals surface area contributed by atoms with Crippen LogP contribution in [0, 0.1) is 0 Å². The van der Waals surface area contributed by atoms with Crippen LogP contribution < -0.4 is 5.32 Å². The average Bonchev–Trinajstić information content (AvgIpc) is 0.854. The monoisotopic (exact) mass is 1350 g/mol. The molecule has 1 rings (SSSR count). The molecule has 0 aromatic carbocycles. The van der Waals surface area contributed by atoms with Gasteiger partial charge in [0, 0.05) is 6.42 Å². The van der Waals surface area contributed by atoms with E-state index in [1.165, 1.54) is 212 Å². The zero-order chi connectivity index (χ0) is 69.9. The normalized spacial score (nSPS) is 18.2. The van der Waals surface area contributed by atoms with Crippen molar-refractivity contribution in [1.82, 2.24) is 5.32 Å². The fourth-order valence-corrected chi connectivity index (χ4v) is 12.1. The highest BCUT2D eigenvalue weighted by Gasteiger charge is 2.44. The third kappa shape index (κ3) is 62.8. The molecule has 1 aliphatic rings. The zero-order valence-electron chi connectivity index (χ0n) is 62.5. The summed E-state index contributed by atoms with van der Waals surface area (Å²) in [6.07, 6.45) is 108. The summed E-state index contributed by atoms with van der Waals surface area (Å²) in [6, 6.07) is -0.837. The summed E-state index contributed by atoms with van der Waals surface area (Å²) < 4.78 is 11.3. The number of nitrogens with one attached hydrogen (secondary N) is 1. The lowest BCUT2D eigenvalue weighted by Crippen LogP contribution is -2.60. The number of rotatable bonds is 70.